The Hall–Kier alpha value is -0.610. The molecule has 0 saturated heterocycles. The molecule has 0 bridgehead atoms. The van der Waals surface area contributed by atoms with Gasteiger partial charge in [-0.1, -0.05) is 13.8 Å². The summed E-state index contributed by atoms with van der Waals surface area (Å²) < 4.78 is 5.50. The van der Waals surface area contributed by atoms with E-state index in [-0.39, 0.29) is 11.8 Å². The minimum atomic E-state index is -0.0672. The van der Waals surface area contributed by atoms with E-state index in [4.69, 9.17) is 10.5 Å². The van der Waals surface area contributed by atoms with Crippen LogP contribution in [0.15, 0.2) is 0 Å². The van der Waals surface area contributed by atoms with Crippen molar-refractivity contribution in [2.75, 3.05) is 26.3 Å². The van der Waals surface area contributed by atoms with Crippen molar-refractivity contribution in [3.63, 3.8) is 0 Å². The van der Waals surface area contributed by atoms with E-state index in [2.05, 4.69) is 5.32 Å². The molecule has 0 spiro atoms. The molecule has 17 heavy (non-hydrogen) atoms. The van der Waals surface area contributed by atoms with Crippen LogP contribution in [0.25, 0.3) is 0 Å². The molecule has 1 unspecified atom stereocenters. The fraction of sp³-hybridized carbons (Fsp3) is 0.923. The van der Waals surface area contributed by atoms with Gasteiger partial charge in [0.2, 0.25) is 5.91 Å². The van der Waals surface area contributed by atoms with Crippen LogP contribution in [0, 0.1) is 17.8 Å². The van der Waals surface area contributed by atoms with Gasteiger partial charge in [0.25, 0.3) is 0 Å². The number of carbonyl (C=O) groups is 1. The molecule has 3 N–H and O–H groups in total. The Balaban J connectivity index is 1.98. The summed E-state index contributed by atoms with van der Waals surface area (Å²) in [6.45, 7) is 6.79. The maximum Gasteiger partial charge on any atom is 0.224 e. The van der Waals surface area contributed by atoms with Crippen molar-refractivity contribution in [2.45, 2.75) is 33.1 Å². The molecule has 1 aliphatic carbocycles. The van der Waals surface area contributed by atoms with Crippen molar-refractivity contribution in [2.24, 2.45) is 23.5 Å². The molecule has 1 fully saturated rings. The van der Waals surface area contributed by atoms with Gasteiger partial charge < -0.3 is 15.8 Å². The van der Waals surface area contributed by atoms with E-state index < -0.39 is 0 Å². The Kier molecular flexibility index (Phi) is 6.52. The van der Waals surface area contributed by atoms with Gasteiger partial charge in [0.05, 0.1) is 5.92 Å². The SMILES string of the molecule is CC(C)C(CN)C(=O)NCCCOCC1CC1. The second kappa shape index (κ2) is 7.67. The van der Waals surface area contributed by atoms with Crippen LogP contribution in [0.1, 0.15) is 33.1 Å². The Morgan fingerprint density at radius 1 is 1.47 bits per heavy atom. The molecule has 0 heterocycles. The van der Waals surface area contributed by atoms with Crippen LogP contribution in [0.2, 0.25) is 0 Å². The lowest BCUT2D eigenvalue weighted by molar-refractivity contribution is -0.125. The molecule has 1 aliphatic rings. The molecular weight excluding hydrogens is 216 g/mol. The zero-order valence-corrected chi connectivity index (χ0v) is 11.1. The first-order chi connectivity index (χ1) is 8.15. The largest absolute Gasteiger partial charge is 0.381 e. The maximum atomic E-state index is 11.7. The van der Waals surface area contributed by atoms with Gasteiger partial charge in [-0.05, 0) is 31.1 Å². The molecule has 0 radical (unpaired) electrons. The van der Waals surface area contributed by atoms with Crippen molar-refractivity contribution in [3.05, 3.63) is 0 Å². The number of amides is 1. The Morgan fingerprint density at radius 3 is 2.71 bits per heavy atom. The highest BCUT2D eigenvalue weighted by Crippen LogP contribution is 2.28. The monoisotopic (exact) mass is 242 g/mol. The number of carbonyl (C=O) groups excluding carboxylic acids is 1. The molecular formula is C13H26N2O2. The summed E-state index contributed by atoms with van der Waals surface area (Å²) in [5, 5.41) is 2.92. The predicted octanol–water partition coefficient (Wildman–Crippen LogP) is 1.15. The zero-order chi connectivity index (χ0) is 12.7. The van der Waals surface area contributed by atoms with Gasteiger partial charge in [-0.2, -0.15) is 0 Å². The normalized spacial score (nSPS) is 17.2. The van der Waals surface area contributed by atoms with Gasteiger partial charge in [0.1, 0.15) is 0 Å². The Labute approximate surface area is 104 Å². The average Bonchev–Trinajstić information content (AvgIpc) is 3.07. The third-order valence-electron chi connectivity index (χ3n) is 3.21. The summed E-state index contributed by atoms with van der Waals surface area (Å²) in [5.74, 6) is 1.12. The van der Waals surface area contributed by atoms with E-state index in [9.17, 15) is 4.79 Å². The van der Waals surface area contributed by atoms with Crippen molar-refractivity contribution < 1.29 is 9.53 Å². The first kappa shape index (κ1) is 14.5. The minimum Gasteiger partial charge on any atom is -0.381 e. The topological polar surface area (TPSA) is 64.4 Å². The van der Waals surface area contributed by atoms with Gasteiger partial charge in [-0.15, -0.1) is 0 Å². The molecule has 4 heteroatoms. The van der Waals surface area contributed by atoms with Crippen LogP contribution in [0.4, 0.5) is 0 Å². The number of hydrogen-bond acceptors (Lipinski definition) is 3. The number of rotatable bonds is 9. The van der Waals surface area contributed by atoms with Gasteiger partial charge in [-0.25, -0.2) is 0 Å². The second-order valence-corrected chi connectivity index (χ2v) is 5.25. The van der Waals surface area contributed by atoms with Crippen molar-refractivity contribution in [1.82, 2.24) is 5.32 Å². The maximum absolute atomic E-state index is 11.7. The molecule has 4 nitrogen and oxygen atoms in total. The minimum absolute atomic E-state index is 0.0672. The molecule has 1 saturated carbocycles. The fourth-order valence-electron chi connectivity index (χ4n) is 1.73. The predicted molar refractivity (Wildman–Crippen MR) is 68.6 cm³/mol. The summed E-state index contributed by atoms with van der Waals surface area (Å²) in [6.07, 6.45) is 3.53. The summed E-state index contributed by atoms with van der Waals surface area (Å²) in [4.78, 5) is 11.7. The third-order valence-corrected chi connectivity index (χ3v) is 3.21. The first-order valence-corrected chi connectivity index (χ1v) is 6.70. The van der Waals surface area contributed by atoms with Crippen LogP contribution in [0.3, 0.4) is 0 Å². The zero-order valence-electron chi connectivity index (χ0n) is 11.1. The van der Waals surface area contributed by atoms with Crippen LogP contribution in [-0.2, 0) is 9.53 Å². The van der Waals surface area contributed by atoms with Crippen molar-refractivity contribution in [3.8, 4) is 0 Å². The summed E-state index contributed by atoms with van der Waals surface area (Å²) in [7, 11) is 0. The van der Waals surface area contributed by atoms with Gasteiger partial charge in [0.15, 0.2) is 0 Å². The molecule has 0 aromatic heterocycles. The van der Waals surface area contributed by atoms with Crippen LogP contribution in [0.5, 0.6) is 0 Å². The second-order valence-electron chi connectivity index (χ2n) is 5.25. The molecule has 0 aliphatic heterocycles. The fourth-order valence-corrected chi connectivity index (χ4v) is 1.73. The van der Waals surface area contributed by atoms with Crippen LogP contribution in [-0.4, -0.2) is 32.2 Å². The van der Waals surface area contributed by atoms with E-state index in [1.54, 1.807) is 0 Å². The highest BCUT2D eigenvalue weighted by atomic mass is 16.5. The van der Waals surface area contributed by atoms with Gasteiger partial charge in [-0.3, -0.25) is 4.79 Å². The molecule has 0 aromatic carbocycles. The van der Waals surface area contributed by atoms with E-state index in [0.717, 1.165) is 25.6 Å². The number of hydrogen-bond donors (Lipinski definition) is 2. The molecule has 100 valence electrons. The van der Waals surface area contributed by atoms with Crippen molar-refractivity contribution in [1.29, 1.82) is 0 Å². The Bertz CT molecular complexity index is 227. The van der Waals surface area contributed by atoms with Crippen molar-refractivity contribution >= 4 is 5.91 Å². The molecule has 1 atom stereocenters. The first-order valence-electron chi connectivity index (χ1n) is 6.70. The van der Waals surface area contributed by atoms with E-state index >= 15 is 0 Å². The van der Waals surface area contributed by atoms with E-state index in [1.165, 1.54) is 12.8 Å². The number of nitrogens with two attached hydrogens (primary N) is 1. The number of nitrogens with one attached hydrogen (secondary N) is 1. The van der Waals surface area contributed by atoms with Crippen LogP contribution >= 0.6 is 0 Å². The lowest BCUT2D eigenvalue weighted by Crippen LogP contribution is -2.38. The molecule has 0 aromatic rings. The molecule has 1 amide bonds. The summed E-state index contributed by atoms with van der Waals surface area (Å²) >= 11 is 0. The Morgan fingerprint density at radius 2 is 2.18 bits per heavy atom. The smallest absolute Gasteiger partial charge is 0.224 e. The lowest BCUT2D eigenvalue weighted by Gasteiger charge is -2.18. The van der Waals surface area contributed by atoms with Gasteiger partial charge in [0, 0.05) is 26.3 Å². The van der Waals surface area contributed by atoms with Gasteiger partial charge >= 0.3 is 0 Å². The van der Waals surface area contributed by atoms with Crippen LogP contribution < -0.4 is 11.1 Å². The third kappa shape index (κ3) is 6.03. The highest BCUT2D eigenvalue weighted by molar-refractivity contribution is 5.79. The van der Waals surface area contributed by atoms with E-state index in [0.29, 0.717) is 19.0 Å². The number of ether oxygens (including phenoxy) is 1. The summed E-state index contributed by atoms with van der Waals surface area (Å²) in [5.41, 5.74) is 5.58. The summed E-state index contributed by atoms with van der Waals surface area (Å²) in [6, 6.07) is 0. The lowest BCUT2D eigenvalue weighted by atomic mass is 9.95. The van der Waals surface area contributed by atoms with E-state index in [1.807, 2.05) is 13.8 Å². The molecule has 1 rings (SSSR count). The average molecular weight is 242 g/mol. The quantitative estimate of drug-likeness (QED) is 0.596. The standard InChI is InChI=1S/C13H26N2O2/c1-10(2)12(8-14)13(16)15-6-3-7-17-9-11-4-5-11/h10-12H,3-9,14H2,1-2H3,(H,15,16). The highest BCUT2D eigenvalue weighted by Gasteiger charge is 2.21.